The van der Waals surface area contributed by atoms with Gasteiger partial charge in [-0.2, -0.15) is 0 Å². The predicted octanol–water partition coefficient (Wildman–Crippen LogP) is 3.29. The zero-order valence-electron chi connectivity index (χ0n) is 18.5. The van der Waals surface area contributed by atoms with Crippen LogP contribution in [0, 0.1) is 11.7 Å². The van der Waals surface area contributed by atoms with Gasteiger partial charge in [0.25, 0.3) is 0 Å². The zero-order valence-corrected chi connectivity index (χ0v) is 18.5. The van der Waals surface area contributed by atoms with Gasteiger partial charge in [-0.3, -0.25) is 4.79 Å². The molecule has 1 saturated heterocycles. The van der Waals surface area contributed by atoms with Gasteiger partial charge in [0.1, 0.15) is 0 Å². The molecule has 1 unspecified atom stereocenters. The van der Waals surface area contributed by atoms with Gasteiger partial charge in [0.05, 0.1) is 6.54 Å². The van der Waals surface area contributed by atoms with E-state index in [4.69, 9.17) is 4.99 Å². The Morgan fingerprint density at radius 3 is 2.88 bits per heavy atom. The summed E-state index contributed by atoms with van der Waals surface area (Å²) in [5.41, 5.74) is 1.84. The SMILES string of the molecule is CCNC(=NCc1cccc(NC(=O)C2CCC2)c1)NC1CCN(c2ncccc2F)C1. The van der Waals surface area contributed by atoms with Crippen molar-refractivity contribution >= 4 is 23.4 Å². The van der Waals surface area contributed by atoms with Gasteiger partial charge in [0.15, 0.2) is 17.6 Å². The van der Waals surface area contributed by atoms with Crippen molar-refractivity contribution in [3.63, 3.8) is 0 Å². The van der Waals surface area contributed by atoms with Crippen molar-refractivity contribution in [1.29, 1.82) is 0 Å². The molecule has 2 aromatic rings. The van der Waals surface area contributed by atoms with Crippen LogP contribution in [0.4, 0.5) is 15.9 Å². The first-order valence-corrected chi connectivity index (χ1v) is 11.4. The molecule has 4 rings (SSSR count). The average molecular weight is 439 g/mol. The van der Waals surface area contributed by atoms with Crippen molar-refractivity contribution in [3.8, 4) is 0 Å². The molecule has 2 heterocycles. The Labute approximate surface area is 188 Å². The Morgan fingerprint density at radius 1 is 1.25 bits per heavy atom. The molecule has 3 N–H and O–H groups in total. The summed E-state index contributed by atoms with van der Waals surface area (Å²) in [6, 6.07) is 11.0. The fourth-order valence-corrected chi connectivity index (χ4v) is 4.03. The molecule has 8 heteroatoms. The molecule has 0 radical (unpaired) electrons. The van der Waals surface area contributed by atoms with E-state index in [0.717, 1.165) is 56.0 Å². The van der Waals surface area contributed by atoms with Gasteiger partial charge in [-0.1, -0.05) is 18.6 Å². The molecule has 170 valence electrons. The number of guanidine groups is 1. The first kappa shape index (κ1) is 22.0. The molecule has 1 saturated carbocycles. The highest BCUT2D eigenvalue weighted by Gasteiger charge is 2.26. The third-order valence-corrected chi connectivity index (χ3v) is 6.00. The van der Waals surface area contributed by atoms with Gasteiger partial charge in [-0.05, 0) is 56.0 Å². The van der Waals surface area contributed by atoms with E-state index < -0.39 is 0 Å². The van der Waals surface area contributed by atoms with Crippen LogP contribution in [0.15, 0.2) is 47.6 Å². The monoisotopic (exact) mass is 438 g/mol. The maximum Gasteiger partial charge on any atom is 0.227 e. The quantitative estimate of drug-likeness (QED) is 0.457. The van der Waals surface area contributed by atoms with E-state index in [1.807, 2.05) is 36.1 Å². The topological polar surface area (TPSA) is 81.6 Å². The summed E-state index contributed by atoms with van der Waals surface area (Å²) >= 11 is 0. The molecular formula is C24H31FN6O. The average Bonchev–Trinajstić information content (AvgIpc) is 3.20. The van der Waals surface area contributed by atoms with Gasteiger partial charge in [-0.25, -0.2) is 14.4 Å². The molecule has 2 fully saturated rings. The van der Waals surface area contributed by atoms with Crippen LogP contribution in [0.3, 0.4) is 0 Å². The molecule has 1 aliphatic heterocycles. The van der Waals surface area contributed by atoms with Crippen LogP contribution >= 0.6 is 0 Å². The van der Waals surface area contributed by atoms with Gasteiger partial charge >= 0.3 is 0 Å². The van der Waals surface area contributed by atoms with Crippen LogP contribution < -0.4 is 20.9 Å². The minimum atomic E-state index is -0.294. The Morgan fingerprint density at radius 2 is 2.12 bits per heavy atom. The predicted molar refractivity (Wildman–Crippen MR) is 125 cm³/mol. The number of carbonyl (C=O) groups is 1. The molecule has 1 aromatic heterocycles. The van der Waals surface area contributed by atoms with E-state index in [2.05, 4.69) is 20.9 Å². The first-order valence-electron chi connectivity index (χ1n) is 11.4. The first-order chi connectivity index (χ1) is 15.6. The zero-order chi connectivity index (χ0) is 22.3. The Kier molecular flexibility index (Phi) is 7.19. The van der Waals surface area contributed by atoms with Crippen LogP contribution in [-0.4, -0.2) is 42.5 Å². The van der Waals surface area contributed by atoms with Crippen LogP contribution in [0.1, 0.15) is 38.2 Å². The second-order valence-corrected chi connectivity index (χ2v) is 8.40. The van der Waals surface area contributed by atoms with Gasteiger partial charge < -0.3 is 20.9 Å². The highest BCUT2D eigenvalue weighted by atomic mass is 19.1. The van der Waals surface area contributed by atoms with E-state index in [1.165, 1.54) is 6.07 Å². The second-order valence-electron chi connectivity index (χ2n) is 8.40. The number of benzene rings is 1. The lowest BCUT2D eigenvalue weighted by atomic mass is 9.85. The number of halogens is 1. The van der Waals surface area contributed by atoms with E-state index in [1.54, 1.807) is 12.3 Å². The second kappa shape index (κ2) is 10.4. The maximum absolute atomic E-state index is 14.1. The van der Waals surface area contributed by atoms with E-state index >= 15 is 0 Å². The summed E-state index contributed by atoms with van der Waals surface area (Å²) in [5, 5.41) is 9.76. The molecule has 2 aliphatic rings. The van der Waals surface area contributed by atoms with Crippen molar-refractivity contribution in [3.05, 3.63) is 54.0 Å². The Bertz CT molecular complexity index is 961. The number of hydrogen-bond donors (Lipinski definition) is 3. The van der Waals surface area contributed by atoms with Crippen molar-refractivity contribution < 1.29 is 9.18 Å². The molecule has 32 heavy (non-hydrogen) atoms. The maximum atomic E-state index is 14.1. The fourth-order valence-electron chi connectivity index (χ4n) is 4.03. The van der Waals surface area contributed by atoms with Crippen molar-refractivity contribution in [1.82, 2.24) is 15.6 Å². The number of aromatic nitrogens is 1. The molecule has 1 amide bonds. The van der Waals surface area contributed by atoms with Gasteiger partial charge in [0, 0.05) is 43.5 Å². The third kappa shape index (κ3) is 5.55. The number of anilines is 2. The minimum Gasteiger partial charge on any atom is -0.357 e. The summed E-state index contributed by atoms with van der Waals surface area (Å²) in [4.78, 5) is 23.1. The summed E-state index contributed by atoms with van der Waals surface area (Å²) in [7, 11) is 0. The molecule has 0 bridgehead atoms. The van der Waals surface area contributed by atoms with Gasteiger partial charge in [-0.15, -0.1) is 0 Å². The molecule has 0 spiro atoms. The van der Waals surface area contributed by atoms with Crippen LogP contribution in [0.2, 0.25) is 0 Å². The minimum absolute atomic E-state index is 0.113. The highest BCUT2D eigenvalue weighted by molar-refractivity contribution is 5.93. The summed E-state index contributed by atoms with van der Waals surface area (Å²) in [6.45, 7) is 4.68. The van der Waals surface area contributed by atoms with Crippen molar-refractivity contribution in [2.45, 2.75) is 45.2 Å². The molecule has 1 aliphatic carbocycles. The van der Waals surface area contributed by atoms with Crippen LogP contribution in [0.25, 0.3) is 0 Å². The molecule has 1 aromatic carbocycles. The number of hydrogen-bond acceptors (Lipinski definition) is 4. The van der Waals surface area contributed by atoms with Crippen molar-refractivity contribution in [2.75, 3.05) is 29.9 Å². The third-order valence-electron chi connectivity index (χ3n) is 6.00. The van der Waals surface area contributed by atoms with E-state index in [9.17, 15) is 9.18 Å². The standard InChI is InChI=1S/C24H31FN6O/c1-2-26-24(30-20-11-13-31(16-20)22-21(25)10-5-12-27-22)28-15-17-6-3-9-19(14-17)29-23(32)18-7-4-8-18/h3,5-6,9-10,12,14,18,20H,2,4,7-8,11,13,15-16H2,1H3,(H,29,32)(H2,26,28,30). The number of nitrogens with one attached hydrogen (secondary N) is 3. The lowest BCUT2D eigenvalue weighted by Crippen LogP contribution is -2.44. The van der Waals surface area contributed by atoms with E-state index in [0.29, 0.717) is 18.9 Å². The summed E-state index contributed by atoms with van der Waals surface area (Å²) < 4.78 is 14.1. The largest absolute Gasteiger partial charge is 0.357 e. The normalized spacial score (nSPS) is 18.9. The van der Waals surface area contributed by atoms with Gasteiger partial charge in [0.2, 0.25) is 5.91 Å². The fraction of sp³-hybridized carbons (Fsp3) is 0.458. The number of aliphatic imine (C=N–C) groups is 1. The van der Waals surface area contributed by atoms with Crippen LogP contribution in [0.5, 0.6) is 0 Å². The van der Waals surface area contributed by atoms with Crippen molar-refractivity contribution in [2.24, 2.45) is 10.9 Å². The number of rotatable bonds is 7. The summed E-state index contributed by atoms with van der Waals surface area (Å²) in [6.07, 6.45) is 5.61. The number of nitrogens with zero attached hydrogens (tertiary/aromatic N) is 3. The van der Waals surface area contributed by atoms with Crippen LogP contribution in [-0.2, 0) is 11.3 Å². The lowest BCUT2D eigenvalue weighted by molar-refractivity contribution is -0.122. The number of carbonyl (C=O) groups excluding carboxylic acids is 1. The molecule has 1 atom stereocenters. The Balaban J connectivity index is 1.35. The molecular weight excluding hydrogens is 407 g/mol. The lowest BCUT2D eigenvalue weighted by Gasteiger charge is -2.24. The molecule has 7 nitrogen and oxygen atoms in total. The Hall–Kier alpha value is -3.16. The summed E-state index contributed by atoms with van der Waals surface area (Å²) in [5.74, 6) is 1.11. The smallest absolute Gasteiger partial charge is 0.227 e. The van der Waals surface area contributed by atoms with E-state index in [-0.39, 0.29) is 23.7 Å². The highest BCUT2D eigenvalue weighted by Crippen LogP contribution is 2.27. The number of amides is 1. The number of pyridine rings is 1.